The molecule has 0 amide bonds. The number of fused-ring (bicyclic) bond motifs is 1. The van der Waals surface area contributed by atoms with Crippen molar-refractivity contribution in [1.29, 1.82) is 5.41 Å². The summed E-state index contributed by atoms with van der Waals surface area (Å²) in [6, 6.07) is 12.8. The number of nitrogens with zero attached hydrogens (tertiary/aromatic N) is 1. The van der Waals surface area contributed by atoms with Gasteiger partial charge in [-0.2, -0.15) is 0 Å². The summed E-state index contributed by atoms with van der Waals surface area (Å²) in [6.07, 6.45) is 1.08. The average Bonchev–Trinajstić information content (AvgIpc) is 3.29. The first kappa shape index (κ1) is 20.0. The zero-order valence-corrected chi connectivity index (χ0v) is 17.3. The topological polar surface area (TPSA) is 83.9 Å². The molecule has 0 radical (unpaired) electrons. The van der Waals surface area contributed by atoms with Gasteiger partial charge in [-0.1, -0.05) is 18.2 Å². The molecule has 2 aromatic carbocycles. The highest BCUT2D eigenvalue weighted by Crippen LogP contribution is 2.38. The minimum atomic E-state index is -0.526. The summed E-state index contributed by atoms with van der Waals surface area (Å²) in [7, 11) is 4.77. The Morgan fingerprint density at radius 2 is 1.80 bits per heavy atom. The van der Waals surface area contributed by atoms with Gasteiger partial charge in [-0.3, -0.25) is 10.2 Å². The van der Waals surface area contributed by atoms with Crippen LogP contribution in [0, 0.1) is 5.41 Å². The van der Waals surface area contributed by atoms with Gasteiger partial charge >= 0.3 is 0 Å². The first-order valence-corrected chi connectivity index (χ1v) is 9.79. The van der Waals surface area contributed by atoms with E-state index < -0.39 is 6.04 Å². The second-order valence-electron chi connectivity index (χ2n) is 7.26. The fraction of sp³-hybridized carbons (Fsp3) is 0.304. The van der Waals surface area contributed by atoms with Crippen LogP contribution in [-0.2, 0) is 16.0 Å². The summed E-state index contributed by atoms with van der Waals surface area (Å²) < 4.78 is 16.0. The minimum Gasteiger partial charge on any atom is -0.497 e. The van der Waals surface area contributed by atoms with Gasteiger partial charge in [0, 0.05) is 49.7 Å². The van der Waals surface area contributed by atoms with Gasteiger partial charge in [0.1, 0.15) is 23.4 Å². The molecule has 7 heteroatoms. The number of anilines is 2. The number of carbonyl (C=O) groups excluding carboxylic acids is 1. The number of hydrogen-bond acceptors (Lipinski definition) is 6. The fourth-order valence-corrected chi connectivity index (χ4v) is 4.04. The van der Waals surface area contributed by atoms with Crippen molar-refractivity contribution in [3.05, 3.63) is 59.3 Å². The Bertz CT molecular complexity index is 982. The number of rotatable bonds is 6. The summed E-state index contributed by atoms with van der Waals surface area (Å²) in [5.41, 5.74) is 3.97. The van der Waals surface area contributed by atoms with Crippen LogP contribution < -0.4 is 19.7 Å². The molecule has 4 rings (SSSR count). The van der Waals surface area contributed by atoms with E-state index in [4.69, 9.17) is 19.6 Å². The van der Waals surface area contributed by atoms with Crippen molar-refractivity contribution in [3.8, 4) is 11.5 Å². The molecule has 30 heavy (non-hydrogen) atoms. The molecule has 1 unspecified atom stereocenters. The van der Waals surface area contributed by atoms with Crippen LogP contribution in [0.4, 0.5) is 11.4 Å². The van der Waals surface area contributed by atoms with Crippen LogP contribution in [0.25, 0.3) is 0 Å². The van der Waals surface area contributed by atoms with Gasteiger partial charge < -0.3 is 24.4 Å². The van der Waals surface area contributed by atoms with Crippen LogP contribution in [0.3, 0.4) is 0 Å². The molecular weight excluding hydrogens is 382 g/mol. The number of ether oxygens (including phenoxy) is 3. The van der Waals surface area contributed by atoms with Crippen molar-refractivity contribution in [1.82, 2.24) is 0 Å². The van der Waals surface area contributed by atoms with Gasteiger partial charge in [0.05, 0.1) is 25.5 Å². The summed E-state index contributed by atoms with van der Waals surface area (Å²) in [5, 5.41) is 12.3. The van der Waals surface area contributed by atoms with Gasteiger partial charge in [-0.15, -0.1) is 0 Å². The van der Waals surface area contributed by atoms with Crippen molar-refractivity contribution in [2.75, 3.05) is 38.2 Å². The van der Waals surface area contributed by atoms with Crippen molar-refractivity contribution in [3.63, 3.8) is 0 Å². The quantitative estimate of drug-likeness (QED) is 0.714. The van der Waals surface area contributed by atoms with E-state index in [0.717, 1.165) is 16.9 Å². The van der Waals surface area contributed by atoms with Crippen molar-refractivity contribution in [2.45, 2.75) is 18.9 Å². The molecule has 0 bridgehead atoms. The molecule has 156 valence electrons. The fourth-order valence-electron chi connectivity index (χ4n) is 4.04. The van der Waals surface area contributed by atoms with Crippen LogP contribution in [0.2, 0.25) is 0 Å². The van der Waals surface area contributed by atoms with Crippen LogP contribution >= 0.6 is 0 Å². The minimum absolute atomic E-state index is 0.0749. The van der Waals surface area contributed by atoms with E-state index >= 15 is 0 Å². The lowest BCUT2D eigenvalue weighted by Crippen LogP contribution is -2.36. The average molecular weight is 407 g/mol. The molecule has 0 aromatic heterocycles. The number of allylic oxidation sites excluding steroid dienone is 1. The second kappa shape index (κ2) is 8.20. The van der Waals surface area contributed by atoms with Gasteiger partial charge in [0.25, 0.3) is 0 Å². The molecule has 1 saturated heterocycles. The molecule has 2 heterocycles. The number of Topliss-reactive ketones (excluding diaryl/α,β-unsaturated/α-hetero) is 1. The third kappa shape index (κ3) is 3.41. The highest BCUT2D eigenvalue weighted by molar-refractivity contribution is 6.35. The molecule has 2 aromatic rings. The Morgan fingerprint density at radius 1 is 1.10 bits per heavy atom. The number of ketones is 1. The van der Waals surface area contributed by atoms with Crippen LogP contribution in [0.15, 0.2) is 53.7 Å². The zero-order valence-electron chi connectivity index (χ0n) is 17.3. The molecule has 0 spiro atoms. The maximum atomic E-state index is 13.5. The lowest BCUT2D eigenvalue weighted by Gasteiger charge is -2.25. The SMILES string of the molecule is COCCC1C(=O)C(=C2Cc3ccccc3N2)C(=N)N1c1cc(OC)cc(OC)c1. The van der Waals surface area contributed by atoms with Gasteiger partial charge in [-0.25, -0.2) is 0 Å². The second-order valence-corrected chi connectivity index (χ2v) is 7.26. The molecule has 1 atom stereocenters. The summed E-state index contributed by atoms with van der Waals surface area (Å²) in [5.74, 6) is 1.30. The van der Waals surface area contributed by atoms with E-state index in [0.29, 0.717) is 42.2 Å². The van der Waals surface area contributed by atoms with Gasteiger partial charge in [0.2, 0.25) is 0 Å². The Hall–Kier alpha value is -3.32. The van der Waals surface area contributed by atoms with Crippen molar-refractivity contribution < 1.29 is 19.0 Å². The smallest absolute Gasteiger partial charge is 0.191 e. The number of para-hydroxylation sites is 1. The summed E-state index contributed by atoms with van der Waals surface area (Å²) in [4.78, 5) is 15.2. The number of carbonyl (C=O) groups is 1. The molecule has 2 aliphatic rings. The first-order valence-electron chi connectivity index (χ1n) is 9.79. The van der Waals surface area contributed by atoms with Crippen LogP contribution in [0.1, 0.15) is 12.0 Å². The Kier molecular flexibility index (Phi) is 5.46. The van der Waals surface area contributed by atoms with Crippen LogP contribution in [0.5, 0.6) is 11.5 Å². The van der Waals surface area contributed by atoms with E-state index in [1.165, 1.54) is 0 Å². The largest absolute Gasteiger partial charge is 0.497 e. The predicted octanol–water partition coefficient (Wildman–Crippen LogP) is 3.40. The molecule has 0 saturated carbocycles. The van der Waals surface area contributed by atoms with E-state index in [2.05, 4.69) is 5.32 Å². The lowest BCUT2D eigenvalue weighted by atomic mass is 10.0. The Morgan fingerprint density at radius 3 is 2.43 bits per heavy atom. The lowest BCUT2D eigenvalue weighted by molar-refractivity contribution is -0.115. The maximum absolute atomic E-state index is 13.5. The third-order valence-electron chi connectivity index (χ3n) is 5.52. The normalized spacial score (nSPS) is 20.4. The summed E-state index contributed by atoms with van der Waals surface area (Å²) >= 11 is 0. The Balaban J connectivity index is 1.78. The molecule has 2 N–H and O–H groups in total. The van der Waals surface area contributed by atoms with Crippen molar-refractivity contribution >= 4 is 23.0 Å². The summed E-state index contributed by atoms with van der Waals surface area (Å²) in [6.45, 7) is 0.414. The van der Waals surface area contributed by atoms with Gasteiger partial charge in [0.15, 0.2) is 5.78 Å². The van der Waals surface area contributed by atoms with E-state index in [1.807, 2.05) is 36.4 Å². The molecule has 7 nitrogen and oxygen atoms in total. The monoisotopic (exact) mass is 407 g/mol. The number of benzene rings is 2. The van der Waals surface area contributed by atoms with Gasteiger partial charge in [-0.05, 0) is 18.1 Å². The molecule has 2 aliphatic heterocycles. The predicted molar refractivity (Wildman–Crippen MR) is 116 cm³/mol. The third-order valence-corrected chi connectivity index (χ3v) is 5.52. The Labute approximate surface area is 175 Å². The number of methoxy groups -OCH3 is 3. The number of hydrogen-bond donors (Lipinski definition) is 2. The standard InChI is InChI=1S/C23H25N3O4/c1-28-9-8-20-22(27)21(19-10-14-6-4-5-7-18(14)25-19)23(24)26(20)15-11-16(29-2)13-17(12-15)30-3/h4-7,11-13,20,24-25H,8-10H2,1-3H3. The van der Waals surface area contributed by atoms with E-state index in [1.54, 1.807) is 32.3 Å². The zero-order chi connectivity index (χ0) is 21.3. The van der Waals surface area contributed by atoms with E-state index in [-0.39, 0.29) is 11.6 Å². The number of nitrogens with one attached hydrogen (secondary N) is 2. The van der Waals surface area contributed by atoms with Crippen molar-refractivity contribution in [2.24, 2.45) is 0 Å². The van der Waals surface area contributed by atoms with E-state index in [9.17, 15) is 4.79 Å². The first-order chi connectivity index (χ1) is 14.6. The highest BCUT2D eigenvalue weighted by Gasteiger charge is 2.43. The maximum Gasteiger partial charge on any atom is 0.191 e. The highest BCUT2D eigenvalue weighted by atomic mass is 16.5. The molecular formula is C23H25N3O4. The molecule has 1 fully saturated rings. The number of amidine groups is 1. The molecule has 0 aliphatic carbocycles. The van der Waals surface area contributed by atoms with Crippen LogP contribution in [-0.4, -0.2) is 45.6 Å².